The summed E-state index contributed by atoms with van der Waals surface area (Å²) >= 11 is 0. The molecule has 0 aromatic rings. The van der Waals surface area contributed by atoms with Gasteiger partial charge in [-0.15, -0.1) is 0 Å². The number of nitrogens with one attached hydrogen (secondary N) is 1. The summed E-state index contributed by atoms with van der Waals surface area (Å²) in [6.45, 7) is 8.39. The second-order valence-electron chi connectivity index (χ2n) is 6.79. The molecule has 1 saturated carbocycles. The molecule has 0 radical (unpaired) electrons. The van der Waals surface area contributed by atoms with Gasteiger partial charge in [0, 0.05) is 31.7 Å². The van der Waals surface area contributed by atoms with Crippen molar-refractivity contribution in [2.75, 3.05) is 33.2 Å². The van der Waals surface area contributed by atoms with Gasteiger partial charge in [0.2, 0.25) is 0 Å². The van der Waals surface area contributed by atoms with Crippen LogP contribution in [0, 0.1) is 0 Å². The van der Waals surface area contributed by atoms with Gasteiger partial charge in [0.05, 0.1) is 0 Å². The summed E-state index contributed by atoms with van der Waals surface area (Å²) in [5, 5.41) is 12.7. The minimum absolute atomic E-state index is 0.430. The van der Waals surface area contributed by atoms with Crippen LogP contribution in [-0.4, -0.2) is 71.7 Å². The fourth-order valence-electron chi connectivity index (χ4n) is 2.90. The van der Waals surface area contributed by atoms with Gasteiger partial charge in [0.25, 0.3) is 0 Å². The van der Waals surface area contributed by atoms with Gasteiger partial charge in [-0.1, -0.05) is 0 Å². The van der Waals surface area contributed by atoms with Crippen LogP contribution >= 0.6 is 0 Å². The lowest BCUT2D eigenvalue weighted by atomic mass is 9.95. The molecule has 0 amide bonds. The molecule has 20 heavy (non-hydrogen) atoms. The first-order chi connectivity index (χ1) is 9.40. The Morgan fingerprint density at radius 2 is 2.10 bits per heavy atom. The van der Waals surface area contributed by atoms with Crippen molar-refractivity contribution < 1.29 is 9.90 Å². The summed E-state index contributed by atoms with van der Waals surface area (Å²) in [5.74, 6) is -0.712. The molecule has 2 aliphatic rings. The van der Waals surface area contributed by atoms with Crippen molar-refractivity contribution >= 4 is 5.97 Å². The third kappa shape index (κ3) is 4.17. The van der Waals surface area contributed by atoms with Crippen molar-refractivity contribution in [2.45, 2.75) is 57.2 Å². The van der Waals surface area contributed by atoms with E-state index in [1.54, 1.807) is 0 Å². The normalized spacial score (nSPS) is 28.2. The van der Waals surface area contributed by atoms with E-state index in [2.05, 4.69) is 29.1 Å². The van der Waals surface area contributed by atoms with Crippen LogP contribution in [0.25, 0.3) is 0 Å². The molecule has 2 fully saturated rings. The van der Waals surface area contributed by atoms with Crippen molar-refractivity contribution in [3.8, 4) is 0 Å². The number of hydrogen-bond acceptors (Lipinski definition) is 4. The first-order valence-electron chi connectivity index (χ1n) is 7.84. The van der Waals surface area contributed by atoms with Gasteiger partial charge < -0.3 is 14.9 Å². The molecular formula is C15H29N3O2. The molecule has 5 nitrogen and oxygen atoms in total. The fraction of sp³-hybridized carbons (Fsp3) is 0.933. The van der Waals surface area contributed by atoms with E-state index >= 15 is 0 Å². The van der Waals surface area contributed by atoms with Crippen molar-refractivity contribution in [3.63, 3.8) is 0 Å². The standard InChI is InChI=1S/C15H29N3O2/c1-12-11-18(10-9-17(12)3)8-4-7-15(2,14(19)20)16-13-5-6-13/h12-13,16H,4-11H2,1-3H3,(H,19,20). The minimum Gasteiger partial charge on any atom is -0.480 e. The Hall–Kier alpha value is -0.650. The van der Waals surface area contributed by atoms with E-state index in [0.717, 1.165) is 45.4 Å². The number of likely N-dealkylation sites (N-methyl/N-ethyl adjacent to an activating group) is 1. The number of carboxylic acids is 1. The first-order valence-corrected chi connectivity index (χ1v) is 7.84. The van der Waals surface area contributed by atoms with Gasteiger partial charge in [-0.3, -0.25) is 10.1 Å². The Balaban J connectivity index is 1.74. The largest absolute Gasteiger partial charge is 0.480 e. The lowest BCUT2D eigenvalue weighted by Crippen LogP contribution is -2.52. The molecule has 5 heteroatoms. The Morgan fingerprint density at radius 3 is 2.65 bits per heavy atom. The zero-order valence-corrected chi connectivity index (χ0v) is 13.1. The Bertz CT molecular complexity index is 346. The topological polar surface area (TPSA) is 55.8 Å². The first kappa shape index (κ1) is 15.7. The van der Waals surface area contributed by atoms with E-state index in [1.165, 1.54) is 0 Å². The molecule has 0 spiro atoms. The van der Waals surface area contributed by atoms with Gasteiger partial charge in [0.1, 0.15) is 5.54 Å². The van der Waals surface area contributed by atoms with Crippen LogP contribution in [0.1, 0.15) is 39.5 Å². The van der Waals surface area contributed by atoms with Crippen molar-refractivity contribution in [1.82, 2.24) is 15.1 Å². The van der Waals surface area contributed by atoms with Gasteiger partial charge in [0.15, 0.2) is 0 Å². The lowest BCUT2D eigenvalue weighted by Gasteiger charge is -2.38. The predicted molar refractivity (Wildman–Crippen MR) is 80.0 cm³/mol. The molecule has 1 aliphatic heterocycles. The highest BCUT2D eigenvalue weighted by molar-refractivity contribution is 5.78. The summed E-state index contributed by atoms with van der Waals surface area (Å²) in [6, 6.07) is 1.03. The average Bonchev–Trinajstić information content (AvgIpc) is 3.17. The summed E-state index contributed by atoms with van der Waals surface area (Å²) in [6.07, 6.45) is 3.90. The molecule has 2 atom stereocenters. The monoisotopic (exact) mass is 283 g/mol. The molecule has 1 heterocycles. The van der Waals surface area contributed by atoms with Crippen LogP contribution in [0.5, 0.6) is 0 Å². The fourth-order valence-corrected chi connectivity index (χ4v) is 2.90. The molecule has 2 rings (SSSR count). The van der Waals surface area contributed by atoms with Crippen molar-refractivity contribution in [3.05, 3.63) is 0 Å². The van der Waals surface area contributed by atoms with Crippen LogP contribution in [0.3, 0.4) is 0 Å². The second-order valence-corrected chi connectivity index (χ2v) is 6.79. The third-order valence-corrected chi connectivity index (χ3v) is 4.77. The molecule has 0 aromatic carbocycles. The van der Waals surface area contributed by atoms with Crippen LogP contribution in [0.4, 0.5) is 0 Å². The van der Waals surface area contributed by atoms with Gasteiger partial charge in [-0.2, -0.15) is 0 Å². The van der Waals surface area contributed by atoms with Crippen molar-refractivity contribution in [1.29, 1.82) is 0 Å². The van der Waals surface area contributed by atoms with E-state index in [0.29, 0.717) is 18.5 Å². The summed E-state index contributed by atoms with van der Waals surface area (Å²) in [7, 11) is 2.17. The van der Waals surface area contributed by atoms with Gasteiger partial charge in [-0.05, 0) is 53.1 Å². The Labute approximate surface area is 122 Å². The lowest BCUT2D eigenvalue weighted by molar-refractivity contribution is -0.144. The highest BCUT2D eigenvalue weighted by atomic mass is 16.4. The molecule has 0 bridgehead atoms. The molecule has 2 N–H and O–H groups in total. The number of rotatable bonds is 7. The third-order valence-electron chi connectivity index (χ3n) is 4.77. The van der Waals surface area contributed by atoms with Crippen LogP contribution in [0.15, 0.2) is 0 Å². The average molecular weight is 283 g/mol. The number of carbonyl (C=O) groups is 1. The summed E-state index contributed by atoms with van der Waals surface area (Å²) in [4.78, 5) is 16.3. The van der Waals surface area contributed by atoms with E-state index in [-0.39, 0.29) is 0 Å². The Morgan fingerprint density at radius 1 is 1.40 bits per heavy atom. The van der Waals surface area contributed by atoms with E-state index in [9.17, 15) is 9.90 Å². The highest BCUT2D eigenvalue weighted by Crippen LogP contribution is 2.25. The number of aliphatic carboxylic acids is 1. The molecular weight excluding hydrogens is 254 g/mol. The molecule has 2 unspecified atom stereocenters. The zero-order valence-electron chi connectivity index (χ0n) is 13.1. The molecule has 116 valence electrons. The summed E-state index contributed by atoms with van der Waals surface area (Å²) < 4.78 is 0. The number of piperazine rings is 1. The van der Waals surface area contributed by atoms with Gasteiger partial charge >= 0.3 is 5.97 Å². The zero-order chi connectivity index (χ0) is 14.8. The minimum atomic E-state index is -0.751. The summed E-state index contributed by atoms with van der Waals surface area (Å²) in [5.41, 5.74) is -0.751. The quantitative estimate of drug-likeness (QED) is 0.730. The van der Waals surface area contributed by atoms with E-state index in [1.807, 2.05) is 6.92 Å². The second kappa shape index (κ2) is 6.41. The predicted octanol–water partition coefficient (Wildman–Crippen LogP) is 0.998. The van der Waals surface area contributed by atoms with E-state index < -0.39 is 11.5 Å². The maximum Gasteiger partial charge on any atom is 0.323 e. The Kier molecular flexibility index (Phi) is 5.04. The highest BCUT2D eigenvalue weighted by Gasteiger charge is 2.38. The van der Waals surface area contributed by atoms with Crippen LogP contribution in [-0.2, 0) is 4.79 Å². The van der Waals surface area contributed by atoms with E-state index in [4.69, 9.17) is 0 Å². The SMILES string of the molecule is CC1CN(CCCC(C)(NC2CC2)C(=O)O)CCN1C. The number of nitrogens with zero attached hydrogens (tertiary/aromatic N) is 2. The number of carboxylic acid groups (broad SMARTS) is 1. The smallest absolute Gasteiger partial charge is 0.323 e. The molecule has 0 aromatic heterocycles. The maximum absolute atomic E-state index is 11.5. The van der Waals surface area contributed by atoms with Crippen LogP contribution < -0.4 is 5.32 Å². The maximum atomic E-state index is 11.5. The number of hydrogen-bond donors (Lipinski definition) is 2. The molecule has 1 aliphatic carbocycles. The molecule has 1 saturated heterocycles. The van der Waals surface area contributed by atoms with Gasteiger partial charge in [-0.25, -0.2) is 0 Å². The van der Waals surface area contributed by atoms with Crippen LogP contribution in [0.2, 0.25) is 0 Å². The van der Waals surface area contributed by atoms with Crippen molar-refractivity contribution in [2.24, 2.45) is 0 Å².